The molecule has 0 aliphatic carbocycles. The molecule has 0 bridgehead atoms. The van der Waals surface area contributed by atoms with Crippen molar-refractivity contribution in [2.75, 3.05) is 31.6 Å². The number of amides is 1. The minimum Gasteiger partial charge on any atom is -0.406 e. The summed E-state index contributed by atoms with van der Waals surface area (Å²) in [6.45, 7) is 3.68. The summed E-state index contributed by atoms with van der Waals surface area (Å²) in [5, 5.41) is 3.53. The molecule has 1 aliphatic rings. The van der Waals surface area contributed by atoms with Gasteiger partial charge in [0, 0.05) is 30.6 Å². The van der Waals surface area contributed by atoms with Gasteiger partial charge < -0.3 is 14.8 Å². The topological polar surface area (TPSA) is 76.6 Å². The lowest BCUT2D eigenvalue weighted by Crippen LogP contribution is -2.35. The Bertz CT molecular complexity index is 1420. The molecule has 37 heavy (non-hydrogen) atoms. The van der Waals surface area contributed by atoms with Crippen LogP contribution in [0, 0.1) is 0 Å². The lowest BCUT2D eigenvalue weighted by molar-refractivity contribution is -0.274. The summed E-state index contributed by atoms with van der Waals surface area (Å²) in [5.41, 5.74) is 2.52. The molecule has 5 rings (SSSR count). The number of nitrogens with zero attached hydrogens (tertiary/aromatic N) is 3. The third kappa shape index (κ3) is 6.22. The Labute approximate surface area is 210 Å². The predicted octanol–water partition coefficient (Wildman–Crippen LogP) is 5.28. The highest BCUT2D eigenvalue weighted by Gasteiger charge is 2.31. The number of pyridine rings is 2. The van der Waals surface area contributed by atoms with Crippen molar-refractivity contribution in [3.05, 3.63) is 84.2 Å². The molecule has 1 N–H and O–H groups in total. The zero-order valence-electron chi connectivity index (χ0n) is 19.7. The first-order valence-electron chi connectivity index (χ1n) is 11.7. The van der Waals surface area contributed by atoms with Gasteiger partial charge >= 0.3 is 6.36 Å². The van der Waals surface area contributed by atoms with Gasteiger partial charge in [-0.2, -0.15) is 0 Å². The minimum atomic E-state index is -4.80. The van der Waals surface area contributed by atoms with Crippen LogP contribution in [-0.4, -0.2) is 53.4 Å². The van der Waals surface area contributed by atoms with Crippen LogP contribution in [0.4, 0.5) is 19.0 Å². The van der Waals surface area contributed by atoms with Crippen molar-refractivity contribution < 1.29 is 27.4 Å². The standard InChI is InChI=1S/C27H23F3N4O3/c28-27(29,30)37-21-7-1-5-19(16-21)22-8-2-4-18-10-11-23(32-25(18)22)26(35)33-24-9-3-6-20(31-24)17-34-12-14-36-15-13-34/h1-11,16H,12-15,17H2,(H,31,33,35). The molecule has 4 aromatic rings. The van der Waals surface area contributed by atoms with Gasteiger partial charge in [0.15, 0.2) is 0 Å². The molecule has 0 unspecified atom stereocenters. The van der Waals surface area contributed by atoms with Crippen LogP contribution in [0.15, 0.2) is 72.8 Å². The van der Waals surface area contributed by atoms with E-state index in [-0.39, 0.29) is 11.4 Å². The summed E-state index contributed by atoms with van der Waals surface area (Å²) in [7, 11) is 0. The molecule has 0 spiro atoms. The number of hydrogen-bond donors (Lipinski definition) is 1. The van der Waals surface area contributed by atoms with Crippen LogP contribution in [-0.2, 0) is 11.3 Å². The molecule has 7 nitrogen and oxygen atoms in total. The number of ether oxygens (including phenoxy) is 2. The molecule has 190 valence electrons. The third-order valence-electron chi connectivity index (χ3n) is 5.87. The lowest BCUT2D eigenvalue weighted by atomic mass is 10.0. The smallest absolute Gasteiger partial charge is 0.406 e. The molecular weight excluding hydrogens is 485 g/mol. The second-order valence-corrected chi connectivity index (χ2v) is 8.51. The molecule has 1 saturated heterocycles. The average Bonchev–Trinajstić information content (AvgIpc) is 2.88. The fraction of sp³-hybridized carbons (Fsp3) is 0.222. The summed E-state index contributed by atoms with van der Waals surface area (Å²) < 4.78 is 47.5. The SMILES string of the molecule is O=C(Nc1cccc(CN2CCOCC2)n1)c1ccc2cccc(-c3cccc(OC(F)(F)F)c3)c2n1. The van der Waals surface area contributed by atoms with Crippen molar-refractivity contribution in [2.24, 2.45) is 0 Å². The third-order valence-corrected chi connectivity index (χ3v) is 5.87. The number of rotatable bonds is 6. The van der Waals surface area contributed by atoms with Gasteiger partial charge in [-0.1, -0.05) is 42.5 Å². The van der Waals surface area contributed by atoms with E-state index >= 15 is 0 Å². The van der Waals surface area contributed by atoms with E-state index in [1.807, 2.05) is 18.2 Å². The molecule has 2 aromatic carbocycles. The van der Waals surface area contributed by atoms with Gasteiger partial charge in [0.25, 0.3) is 5.91 Å². The van der Waals surface area contributed by atoms with E-state index in [4.69, 9.17) is 4.74 Å². The Morgan fingerprint density at radius 1 is 0.973 bits per heavy atom. The highest BCUT2D eigenvalue weighted by atomic mass is 19.4. The highest BCUT2D eigenvalue weighted by molar-refractivity contribution is 6.04. The maximum atomic E-state index is 13.0. The van der Waals surface area contributed by atoms with Gasteiger partial charge in [0.2, 0.25) is 0 Å². The normalized spacial score (nSPS) is 14.5. The Morgan fingerprint density at radius 3 is 2.57 bits per heavy atom. The molecule has 1 aliphatic heterocycles. The monoisotopic (exact) mass is 508 g/mol. The molecular formula is C27H23F3N4O3. The second-order valence-electron chi connectivity index (χ2n) is 8.51. The van der Waals surface area contributed by atoms with Crippen molar-refractivity contribution in [3.8, 4) is 16.9 Å². The van der Waals surface area contributed by atoms with Gasteiger partial charge in [0.05, 0.1) is 24.4 Å². The fourth-order valence-corrected chi connectivity index (χ4v) is 4.17. The first-order chi connectivity index (χ1) is 17.8. The van der Waals surface area contributed by atoms with Crippen LogP contribution in [0.25, 0.3) is 22.0 Å². The molecule has 1 fully saturated rings. The Morgan fingerprint density at radius 2 is 1.76 bits per heavy atom. The number of alkyl halides is 3. The van der Waals surface area contributed by atoms with Crippen molar-refractivity contribution in [2.45, 2.75) is 12.9 Å². The molecule has 0 radical (unpaired) electrons. The number of carbonyl (C=O) groups excluding carboxylic acids is 1. The zero-order chi connectivity index (χ0) is 25.8. The number of aromatic nitrogens is 2. The van der Waals surface area contributed by atoms with Crippen LogP contribution in [0.2, 0.25) is 0 Å². The summed E-state index contributed by atoms with van der Waals surface area (Å²) in [6.07, 6.45) is -4.80. The number of anilines is 1. The van der Waals surface area contributed by atoms with Crippen molar-refractivity contribution in [1.29, 1.82) is 0 Å². The van der Waals surface area contributed by atoms with Crippen molar-refractivity contribution >= 4 is 22.6 Å². The van der Waals surface area contributed by atoms with Crippen molar-refractivity contribution in [1.82, 2.24) is 14.9 Å². The van der Waals surface area contributed by atoms with Gasteiger partial charge in [-0.15, -0.1) is 13.2 Å². The number of carbonyl (C=O) groups is 1. The van der Waals surface area contributed by atoms with Crippen LogP contribution < -0.4 is 10.1 Å². The molecule has 1 amide bonds. The Kier molecular flexibility index (Phi) is 7.02. The number of hydrogen-bond acceptors (Lipinski definition) is 6. The van der Waals surface area contributed by atoms with Crippen LogP contribution in [0.3, 0.4) is 0 Å². The number of fused-ring (bicyclic) bond motifs is 1. The largest absolute Gasteiger partial charge is 0.573 e. The first kappa shape index (κ1) is 24.7. The van der Waals surface area contributed by atoms with Gasteiger partial charge in [-0.3, -0.25) is 9.69 Å². The molecule has 10 heteroatoms. The van der Waals surface area contributed by atoms with Crippen molar-refractivity contribution in [3.63, 3.8) is 0 Å². The molecule has 2 aromatic heterocycles. The zero-order valence-corrected chi connectivity index (χ0v) is 19.7. The Balaban J connectivity index is 1.38. The van der Waals surface area contributed by atoms with E-state index in [1.54, 1.807) is 36.4 Å². The van der Waals surface area contributed by atoms with E-state index in [0.717, 1.165) is 24.2 Å². The quantitative estimate of drug-likeness (QED) is 0.382. The van der Waals surface area contributed by atoms with E-state index < -0.39 is 12.3 Å². The summed E-state index contributed by atoms with van der Waals surface area (Å²) in [5.74, 6) is -0.372. The summed E-state index contributed by atoms with van der Waals surface area (Å²) >= 11 is 0. The second kappa shape index (κ2) is 10.5. The number of benzene rings is 2. The first-order valence-corrected chi connectivity index (χ1v) is 11.7. The molecule has 3 heterocycles. The van der Waals surface area contributed by atoms with E-state index in [0.29, 0.717) is 42.2 Å². The number of nitrogens with one attached hydrogen (secondary N) is 1. The fourth-order valence-electron chi connectivity index (χ4n) is 4.17. The van der Waals surface area contributed by atoms with Crippen LogP contribution >= 0.6 is 0 Å². The summed E-state index contributed by atoms with van der Waals surface area (Å²) in [4.78, 5) is 24.4. The predicted molar refractivity (Wildman–Crippen MR) is 132 cm³/mol. The average molecular weight is 509 g/mol. The van der Waals surface area contributed by atoms with Gasteiger partial charge in [0.1, 0.15) is 17.3 Å². The molecule has 0 saturated carbocycles. The number of halogens is 3. The lowest BCUT2D eigenvalue weighted by Gasteiger charge is -2.26. The highest BCUT2D eigenvalue weighted by Crippen LogP contribution is 2.32. The van der Waals surface area contributed by atoms with Gasteiger partial charge in [-0.25, -0.2) is 9.97 Å². The van der Waals surface area contributed by atoms with Crippen LogP contribution in [0.1, 0.15) is 16.2 Å². The van der Waals surface area contributed by atoms with Crippen LogP contribution in [0.5, 0.6) is 5.75 Å². The molecule has 0 atom stereocenters. The maximum absolute atomic E-state index is 13.0. The Hall–Kier alpha value is -4.02. The van der Waals surface area contributed by atoms with E-state index in [9.17, 15) is 18.0 Å². The number of para-hydroxylation sites is 1. The summed E-state index contributed by atoms with van der Waals surface area (Å²) in [6, 6.07) is 19.8. The number of morpholine rings is 1. The van der Waals surface area contributed by atoms with Gasteiger partial charge in [-0.05, 0) is 35.9 Å². The minimum absolute atomic E-state index is 0.156. The van der Waals surface area contributed by atoms with E-state index in [1.165, 1.54) is 18.2 Å². The maximum Gasteiger partial charge on any atom is 0.573 e. The van der Waals surface area contributed by atoms with E-state index in [2.05, 4.69) is 24.9 Å².